The Morgan fingerprint density at radius 1 is 1.26 bits per heavy atom. The minimum atomic E-state index is -3.23. The maximum absolute atomic E-state index is 12.1. The van der Waals surface area contributed by atoms with Crippen LogP contribution in [0.25, 0.3) is 0 Å². The Hall–Kier alpha value is -0.170. The lowest BCUT2D eigenvalue weighted by atomic mass is 9.86. The molecule has 1 aliphatic heterocycles. The van der Waals surface area contributed by atoms with Gasteiger partial charge in [0.2, 0.25) is 10.0 Å². The summed E-state index contributed by atoms with van der Waals surface area (Å²) >= 11 is 0. The van der Waals surface area contributed by atoms with Gasteiger partial charge in [-0.15, -0.1) is 24.0 Å². The summed E-state index contributed by atoms with van der Waals surface area (Å²) in [6, 6.07) is 0.335. The van der Waals surface area contributed by atoms with E-state index in [1.807, 2.05) is 6.92 Å². The summed E-state index contributed by atoms with van der Waals surface area (Å²) in [7, 11) is -3.23. The van der Waals surface area contributed by atoms with E-state index in [0.29, 0.717) is 37.6 Å². The summed E-state index contributed by atoms with van der Waals surface area (Å²) < 4.78 is 32.2. The van der Waals surface area contributed by atoms with Crippen LogP contribution in [0.2, 0.25) is 0 Å². The molecule has 1 unspecified atom stereocenters. The number of hydrogen-bond acceptors (Lipinski definition) is 5. The van der Waals surface area contributed by atoms with Crippen LogP contribution in [0, 0.1) is 5.92 Å². The third-order valence-electron chi connectivity index (χ3n) is 5.01. The van der Waals surface area contributed by atoms with Gasteiger partial charge in [-0.3, -0.25) is 9.89 Å². The number of sulfonamides is 1. The number of ether oxygens (including phenoxy) is 1. The zero-order valence-electron chi connectivity index (χ0n) is 16.6. The van der Waals surface area contributed by atoms with Gasteiger partial charge in [0.25, 0.3) is 0 Å². The number of nitrogens with one attached hydrogen (secondary N) is 3. The fourth-order valence-electron chi connectivity index (χ4n) is 3.02. The molecule has 0 bridgehead atoms. The molecular weight excluding hydrogens is 481 g/mol. The molecule has 2 rings (SSSR count). The highest BCUT2D eigenvalue weighted by molar-refractivity contribution is 14.0. The highest BCUT2D eigenvalue weighted by Gasteiger charge is 2.20. The average molecular weight is 517 g/mol. The second-order valence-electron chi connectivity index (χ2n) is 7.11. The van der Waals surface area contributed by atoms with Crippen molar-refractivity contribution in [1.29, 1.82) is 0 Å². The van der Waals surface area contributed by atoms with E-state index < -0.39 is 10.0 Å². The van der Waals surface area contributed by atoms with E-state index >= 15 is 0 Å². The number of rotatable bonds is 10. The van der Waals surface area contributed by atoms with Crippen LogP contribution in [-0.4, -0.2) is 83.6 Å². The van der Waals surface area contributed by atoms with Crippen LogP contribution in [0.4, 0.5) is 0 Å². The van der Waals surface area contributed by atoms with E-state index in [4.69, 9.17) is 4.74 Å². The number of halogens is 1. The van der Waals surface area contributed by atoms with Gasteiger partial charge in [0, 0.05) is 38.8 Å². The lowest BCUT2D eigenvalue weighted by Crippen LogP contribution is -2.45. The molecule has 0 aromatic rings. The lowest BCUT2D eigenvalue weighted by molar-refractivity contribution is 0.0220. The van der Waals surface area contributed by atoms with Gasteiger partial charge >= 0.3 is 0 Å². The smallest absolute Gasteiger partial charge is 0.213 e. The fraction of sp³-hybridized carbons (Fsp3) is 0.941. The summed E-state index contributed by atoms with van der Waals surface area (Å²) in [5, 5.41) is 6.30. The van der Waals surface area contributed by atoms with Gasteiger partial charge < -0.3 is 15.4 Å². The maximum atomic E-state index is 12.1. The number of morpholine rings is 1. The van der Waals surface area contributed by atoms with Crippen molar-refractivity contribution >= 4 is 40.0 Å². The molecule has 0 amide bonds. The third-order valence-corrected chi connectivity index (χ3v) is 6.35. The van der Waals surface area contributed by atoms with Crippen molar-refractivity contribution in [2.24, 2.45) is 10.9 Å². The van der Waals surface area contributed by atoms with E-state index in [1.54, 1.807) is 0 Å². The van der Waals surface area contributed by atoms with Gasteiger partial charge in [0.15, 0.2) is 5.96 Å². The van der Waals surface area contributed by atoms with Crippen molar-refractivity contribution in [1.82, 2.24) is 20.3 Å². The number of aliphatic imine (C=N–C) groups is 1. The van der Waals surface area contributed by atoms with E-state index in [2.05, 4.69) is 32.2 Å². The minimum Gasteiger partial charge on any atom is -0.379 e. The molecule has 8 nitrogen and oxygen atoms in total. The van der Waals surface area contributed by atoms with Gasteiger partial charge in [0.1, 0.15) is 0 Å². The Bertz CT molecular complexity index is 537. The van der Waals surface area contributed by atoms with Gasteiger partial charge in [-0.2, -0.15) is 0 Å². The molecule has 2 aliphatic rings. The Morgan fingerprint density at radius 2 is 1.96 bits per heavy atom. The zero-order valence-corrected chi connectivity index (χ0v) is 19.7. The van der Waals surface area contributed by atoms with Crippen LogP contribution in [0.15, 0.2) is 4.99 Å². The summed E-state index contributed by atoms with van der Waals surface area (Å²) in [4.78, 5) is 6.97. The molecule has 1 atom stereocenters. The van der Waals surface area contributed by atoms with Gasteiger partial charge in [0.05, 0.1) is 25.5 Å². The summed E-state index contributed by atoms with van der Waals surface area (Å²) in [5.41, 5.74) is 0. The zero-order chi connectivity index (χ0) is 18.8. The van der Waals surface area contributed by atoms with Crippen molar-refractivity contribution in [3.8, 4) is 0 Å². The van der Waals surface area contributed by atoms with Crippen molar-refractivity contribution < 1.29 is 13.2 Å². The average Bonchev–Trinajstić information content (AvgIpc) is 2.58. The normalized spacial score (nSPS) is 20.4. The van der Waals surface area contributed by atoms with Gasteiger partial charge in [-0.1, -0.05) is 6.42 Å². The molecule has 1 heterocycles. The van der Waals surface area contributed by atoms with E-state index in [-0.39, 0.29) is 29.7 Å². The molecule has 1 aliphatic carbocycles. The molecule has 0 aromatic heterocycles. The molecule has 0 radical (unpaired) electrons. The predicted molar refractivity (Wildman–Crippen MR) is 120 cm³/mol. The minimum absolute atomic E-state index is 0. The molecular formula is C17H36IN5O3S. The first-order valence-electron chi connectivity index (χ1n) is 9.81. The molecule has 0 aromatic carbocycles. The van der Waals surface area contributed by atoms with Crippen LogP contribution < -0.4 is 15.4 Å². The fourth-order valence-corrected chi connectivity index (χ4v) is 4.02. The van der Waals surface area contributed by atoms with Crippen LogP contribution in [-0.2, 0) is 14.8 Å². The summed E-state index contributed by atoms with van der Waals surface area (Å²) in [5.74, 6) is 1.25. The molecule has 10 heteroatoms. The first kappa shape index (κ1) is 24.9. The number of nitrogens with zero attached hydrogens (tertiary/aromatic N) is 2. The molecule has 1 saturated heterocycles. The van der Waals surface area contributed by atoms with E-state index in [1.165, 1.54) is 6.42 Å². The molecule has 27 heavy (non-hydrogen) atoms. The standard InChI is InChI=1S/C17H35N5O3S.HI/c1-3-18-17(20-13-15(2)22-8-10-25-11-9-22)19-7-12-26(23,24)21-14-16-5-4-6-16;/h15-16,21H,3-14H2,1-2H3,(H2,18,19,20);1H. The van der Waals surface area contributed by atoms with Crippen LogP contribution in [0.1, 0.15) is 33.1 Å². The van der Waals surface area contributed by atoms with Crippen LogP contribution >= 0.6 is 24.0 Å². The monoisotopic (exact) mass is 517 g/mol. The molecule has 1 saturated carbocycles. The van der Waals surface area contributed by atoms with Gasteiger partial charge in [-0.05, 0) is 32.6 Å². The maximum Gasteiger partial charge on any atom is 0.213 e. The second-order valence-corrected chi connectivity index (χ2v) is 9.03. The third kappa shape index (κ3) is 9.73. The quantitative estimate of drug-likeness (QED) is 0.223. The number of hydrogen-bond donors (Lipinski definition) is 3. The second kappa shape index (κ2) is 13.1. The first-order chi connectivity index (χ1) is 12.5. The Labute approximate surface area is 181 Å². The predicted octanol–water partition coefficient (Wildman–Crippen LogP) is 0.600. The largest absolute Gasteiger partial charge is 0.379 e. The molecule has 2 fully saturated rings. The Kier molecular flexibility index (Phi) is 12.1. The molecule has 3 N–H and O–H groups in total. The van der Waals surface area contributed by atoms with Crippen molar-refractivity contribution in [2.45, 2.75) is 39.2 Å². The summed E-state index contributed by atoms with van der Waals surface area (Å²) in [6.07, 6.45) is 3.50. The van der Waals surface area contributed by atoms with E-state index in [0.717, 1.165) is 45.7 Å². The van der Waals surface area contributed by atoms with Crippen molar-refractivity contribution in [3.05, 3.63) is 0 Å². The molecule has 160 valence electrons. The Balaban J connectivity index is 0.00000364. The van der Waals surface area contributed by atoms with Crippen LogP contribution in [0.5, 0.6) is 0 Å². The lowest BCUT2D eigenvalue weighted by Gasteiger charge is -2.31. The SMILES string of the molecule is CCNC(=NCC(C)N1CCOCC1)NCCS(=O)(=O)NCC1CCC1.I. The number of guanidine groups is 1. The topological polar surface area (TPSA) is 95.1 Å². The highest BCUT2D eigenvalue weighted by atomic mass is 127. The van der Waals surface area contributed by atoms with Gasteiger partial charge in [-0.25, -0.2) is 13.1 Å². The van der Waals surface area contributed by atoms with Crippen molar-refractivity contribution in [3.63, 3.8) is 0 Å². The molecule has 0 spiro atoms. The summed E-state index contributed by atoms with van der Waals surface area (Å²) in [6.45, 7) is 9.91. The highest BCUT2D eigenvalue weighted by Crippen LogP contribution is 2.25. The van der Waals surface area contributed by atoms with Crippen LogP contribution in [0.3, 0.4) is 0 Å². The van der Waals surface area contributed by atoms with E-state index in [9.17, 15) is 8.42 Å². The van der Waals surface area contributed by atoms with Crippen molar-refractivity contribution in [2.75, 3.05) is 58.2 Å². The first-order valence-corrected chi connectivity index (χ1v) is 11.5. The Morgan fingerprint density at radius 3 is 2.56 bits per heavy atom.